The number of hydrogen-bond acceptors (Lipinski definition) is 6. The first-order valence-corrected chi connectivity index (χ1v) is 9.61. The molecule has 0 aliphatic carbocycles. The van der Waals surface area contributed by atoms with Gasteiger partial charge >= 0.3 is 12.1 Å². The highest BCUT2D eigenvalue weighted by Gasteiger charge is 2.38. The number of carbonyl (C=O) groups is 1. The summed E-state index contributed by atoms with van der Waals surface area (Å²) in [6.45, 7) is 0. The Balaban J connectivity index is 0.000000360. The maximum Gasteiger partial charge on any atom is 0.490 e. The minimum atomic E-state index is -5.08. The van der Waals surface area contributed by atoms with Crippen LogP contribution in [0.4, 0.5) is 13.2 Å². The molecule has 4 rings (SSSR count). The van der Waals surface area contributed by atoms with Gasteiger partial charge in [0, 0.05) is 34.0 Å². The first-order chi connectivity index (χ1) is 15.2. The van der Waals surface area contributed by atoms with Gasteiger partial charge in [-0.3, -0.25) is 9.67 Å². The molecule has 13 heteroatoms. The van der Waals surface area contributed by atoms with Gasteiger partial charge in [-0.25, -0.2) is 14.8 Å². The van der Waals surface area contributed by atoms with Crippen molar-refractivity contribution in [3.05, 3.63) is 59.5 Å². The zero-order valence-corrected chi connectivity index (χ0v) is 17.5. The molecule has 4 aromatic heterocycles. The predicted octanol–water partition coefficient (Wildman–Crippen LogP) is 4.12. The van der Waals surface area contributed by atoms with E-state index in [4.69, 9.17) is 9.90 Å². The maximum atomic E-state index is 10.6. The van der Waals surface area contributed by atoms with Gasteiger partial charge in [0.25, 0.3) is 0 Å². The number of hydrogen-bond donors (Lipinski definition) is 2. The fourth-order valence-electron chi connectivity index (χ4n) is 2.76. The van der Waals surface area contributed by atoms with Gasteiger partial charge in [-0.1, -0.05) is 15.9 Å². The van der Waals surface area contributed by atoms with E-state index < -0.39 is 12.1 Å². The lowest BCUT2D eigenvalue weighted by Gasteiger charge is -2.14. The molecule has 0 bridgehead atoms. The van der Waals surface area contributed by atoms with E-state index in [1.54, 1.807) is 17.1 Å². The molecule has 0 aliphatic heterocycles. The van der Waals surface area contributed by atoms with Crippen LogP contribution in [-0.4, -0.2) is 47.0 Å². The number of nitriles is 1. The fraction of sp³-hybridized carbons (Fsp3) is 0.158. The SMILES string of the molecule is N#CCC(c1cc(Br)ccn1)n1cc(-c2ncnc3[nH]ccc23)cn1.O=C(O)C(F)(F)F. The zero-order valence-electron chi connectivity index (χ0n) is 16.0. The van der Waals surface area contributed by atoms with Crippen LogP contribution in [0.2, 0.25) is 0 Å². The normalized spacial score (nSPS) is 12.0. The molecule has 4 aromatic rings. The quantitative estimate of drug-likeness (QED) is 0.424. The lowest BCUT2D eigenvalue weighted by molar-refractivity contribution is -0.192. The third-order valence-electron chi connectivity index (χ3n) is 4.16. The number of nitrogens with zero attached hydrogens (tertiary/aromatic N) is 6. The predicted molar refractivity (Wildman–Crippen MR) is 109 cm³/mol. The van der Waals surface area contributed by atoms with E-state index in [1.165, 1.54) is 6.33 Å². The van der Waals surface area contributed by atoms with Gasteiger partial charge in [-0.2, -0.15) is 23.5 Å². The maximum absolute atomic E-state index is 10.6. The summed E-state index contributed by atoms with van der Waals surface area (Å²) in [6, 6.07) is 7.64. The number of aromatic nitrogens is 6. The van der Waals surface area contributed by atoms with Gasteiger partial charge in [0.15, 0.2) is 0 Å². The monoisotopic (exact) mass is 507 g/mol. The van der Waals surface area contributed by atoms with Crippen LogP contribution in [0.3, 0.4) is 0 Å². The van der Waals surface area contributed by atoms with Crippen molar-refractivity contribution in [3.63, 3.8) is 0 Å². The fourth-order valence-corrected chi connectivity index (χ4v) is 3.11. The Bertz CT molecular complexity index is 1280. The highest BCUT2D eigenvalue weighted by Crippen LogP contribution is 2.27. The molecule has 0 saturated carbocycles. The summed E-state index contributed by atoms with van der Waals surface area (Å²) < 4.78 is 34.4. The van der Waals surface area contributed by atoms with Crippen molar-refractivity contribution >= 4 is 32.9 Å². The Hall–Kier alpha value is -3.79. The summed E-state index contributed by atoms with van der Waals surface area (Å²) in [6.07, 6.45) is 3.89. The number of H-pyrrole nitrogens is 1. The average Bonchev–Trinajstić information content (AvgIpc) is 3.41. The number of rotatable bonds is 4. The largest absolute Gasteiger partial charge is 0.490 e. The molecule has 4 heterocycles. The van der Waals surface area contributed by atoms with Crippen molar-refractivity contribution < 1.29 is 23.1 Å². The number of halogens is 4. The Morgan fingerprint density at radius 1 is 1.31 bits per heavy atom. The van der Waals surface area contributed by atoms with Crippen molar-refractivity contribution in [3.8, 4) is 17.3 Å². The van der Waals surface area contributed by atoms with Crippen molar-refractivity contribution in [2.75, 3.05) is 0 Å². The minimum absolute atomic E-state index is 0.264. The van der Waals surface area contributed by atoms with Crippen molar-refractivity contribution in [1.29, 1.82) is 5.26 Å². The first kappa shape index (κ1) is 22.9. The van der Waals surface area contributed by atoms with E-state index in [-0.39, 0.29) is 12.5 Å². The molecule has 0 fully saturated rings. The van der Waals surface area contributed by atoms with Gasteiger partial charge in [-0.15, -0.1) is 0 Å². The van der Waals surface area contributed by atoms with Crippen LogP contribution in [0.1, 0.15) is 18.2 Å². The summed E-state index contributed by atoms with van der Waals surface area (Å²) in [7, 11) is 0. The Morgan fingerprint density at radius 3 is 2.72 bits per heavy atom. The molecule has 0 aromatic carbocycles. The van der Waals surface area contributed by atoms with Crippen LogP contribution < -0.4 is 0 Å². The van der Waals surface area contributed by atoms with Crippen molar-refractivity contribution in [2.45, 2.75) is 18.6 Å². The molecule has 0 radical (unpaired) electrons. The molecule has 0 saturated heterocycles. The third-order valence-corrected chi connectivity index (χ3v) is 4.65. The molecule has 1 atom stereocenters. The summed E-state index contributed by atoms with van der Waals surface area (Å²) >= 11 is 3.45. The van der Waals surface area contributed by atoms with E-state index in [0.29, 0.717) is 0 Å². The third kappa shape index (κ3) is 5.27. The van der Waals surface area contributed by atoms with Crippen LogP contribution in [-0.2, 0) is 4.79 Å². The van der Waals surface area contributed by atoms with Gasteiger partial charge in [0.1, 0.15) is 18.0 Å². The molecule has 9 nitrogen and oxygen atoms in total. The second-order valence-corrected chi connectivity index (χ2v) is 7.17. The van der Waals surface area contributed by atoms with Crippen molar-refractivity contribution in [2.24, 2.45) is 0 Å². The molecule has 2 N–H and O–H groups in total. The molecule has 0 amide bonds. The lowest BCUT2D eigenvalue weighted by Crippen LogP contribution is -2.21. The Labute approximate surface area is 186 Å². The van der Waals surface area contributed by atoms with Crippen LogP contribution in [0.15, 0.2) is 53.8 Å². The highest BCUT2D eigenvalue weighted by molar-refractivity contribution is 9.10. The smallest absolute Gasteiger partial charge is 0.475 e. The average molecular weight is 508 g/mol. The molecular formula is C19H13BrF3N7O2. The Morgan fingerprint density at radius 2 is 2.06 bits per heavy atom. The van der Waals surface area contributed by atoms with Crippen LogP contribution >= 0.6 is 15.9 Å². The summed E-state index contributed by atoms with van der Waals surface area (Å²) in [5, 5.41) is 21.7. The second kappa shape index (κ2) is 9.56. The van der Waals surface area contributed by atoms with Gasteiger partial charge in [0.2, 0.25) is 0 Å². The van der Waals surface area contributed by atoms with E-state index in [9.17, 15) is 18.4 Å². The van der Waals surface area contributed by atoms with Crippen molar-refractivity contribution in [1.82, 2.24) is 29.7 Å². The number of fused-ring (bicyclic) bond motifs is 1. The number of carboxylic acid groups (broad SMARTS) is 1. The topological polar surface area (TPSA) is 133 Å². The molecule has 164 valence electrons. The molecule has 0 spiro atoms. The highest BCUT2D eigenvalue weighted by atomic mass is 79.9. The summed E-state index contributed by atoms with van der Waals surface area (Å²) in [5.41, 5.74) is 3.22. The van der Waals surface area contributed by atoms with E-state index in [2.05, 4.69) is 47.0 Å². The number of pyridine rings is 1. The van der Waals surface area contributed by atoms with Crippen LogP contribution in [0, 0.1) is 11.3 Å². The van der Waals surface area contributed by atoms with E-state index in [0.717, 1.165) is 32.5 Å². The molecule has 1 unspecified atom stereocenters. The number of alkyl halides is 3. The number of aromatic amines is 1. The lowest BCUT2D eigenvalue weighted by atomic mass is 10.1. The number of aliphatic carboxylic acids is 1. The summed E-state index contributed by atoms with van der Waals surface area (Å²) in [5.74, 6) is -2.76. The van der Waals surface area contributed by atoms with Gasteiger partial charge < -0.3 is 10.1 Å². The second-order valence-electron chi connectivity index (χ2n) is 6.25. The van der Waals surface area contributed by atoms with Gasteiger partial charge in [-0.05, 0) is 18.2 Å². The minimum Gasteiger partial charge on any atom is -0.475 e. The van der Waals surface area contributed by atoms with E-state index in [1.807, 2.05) is 30.6 Å². The van der Waals surface area contributed by atoms with Gasteiger partial charge in [0.05, 0.1) is 30.1 Å². The zero-order chi connectivity index (χ0) is 23.3. The molecular weight excluding hydrogens is 495 g/mol. The Kier molecular flexibility index (Phi) is 6.84. The van der Waals surface area contributed by atoms with Crippen LogP contribution in [0.5, 0.6) is 0 Å². The molecule has 0 aliphatic rings. The summed E-state index contributed by atoms with van der Waals surface area (Å²) in [4.78, 5) is 24.9. The standard InChI is InChI=1S/C17H12BrN7.C2HF3O2/c18-12-2-5-20-14(7-12)15(1-4-19)25-9-11(8-24-25)16-13-3-6-21-17(13)23-10-22-16;3-2(4,5)1(6)7/h2-3,5-10,15H,1H2,(H,21,22,23);(H,6,7). The van der Waals surface area contributed by atoms with E-state index >= 15 is 0 Å². The first-order valence-electron chi connectivity index (χ1n) is 8.82. The van der Waals surface area contributed by atoms with Crippen LogP contribution in [0.25, 0.3) is 22.3 Å². The molecule has 32 heavy (non-hydrogen) atoms. The number of carboxylic acids is 1. The number of nitrogens with one attached hydrogen (secondary N) is 1.